The SMILES string of the molecule is CN(C)c1ccc(C2=C3C=CC(=[N+](C)C)C=C3c3ccccc32)cc1. The molecule has 0 heterocycles. The molecule has 0 radical (unpaired) electrons. The molecule has 0 unspecified atom stereocenters. The number of hydrogen-bond donors (Lipinski definition) is 0. The van der Waals surface area contributed by atoms with Crippen LogP contribution in [0.25, 0.3) is 11.1 Å². The van der Waals surface area contributed by atoms with Crippen molar-refractivity contribution in [3.8, 4) is 0 Å². The molecule has 0 bridgehead atoms. The van der Waals surface area contributed by atoms with Crippen LogP contribution in [0.3, 0.4) is 0 Å². The van der Waals surface area contributed by atoms with Crippen molar-refractivity contribution in [2.75, 3.05) is 33.1 Å². The van der Waals surface area contributed by atoms with Gasteiger partial charge in [0.1, 0.15) is 14.1 Å². The fourth-order valence-electron chi connectivity index (χ4n) is 3.57. The summed E-state index contributed by atoms with van der Waals surface area (Å²) in [6.07, 6.45) is 6.77. The van der Waals surface area contributed by atoms with Crippen molar-refractivity contribution in [2.24, 2.45) is 0 Å². The highest BCUT2D eigenvalue weighted by atomic mass is 15.1. The van der Waals surface area contributed by atoms with Gasteiger partial charge in [0, 0.05) is 31.9 Å². The van der Waals surface area contributed by atoms with Crippen LogP contribution in [0.15, 0.2) is 72.3 Å². The van der Waals surface area contributed by atoms with Crippen molar-refractivity contribution in [1.29, 1.82) is 0 Å². The normalized spacial score (nSPS) is 15.0. The average molecular weight is 327 g/mol. The summed E-state index contributed by atoms with van der Waals surface area (Å²) in [6, 6.07) is 17.6. The Balaban J connectivity index is 1.92. The molecule has 0 atom stereocenters. The zero-order chi connectivity index (χ0) is 17.6. The molecule has 2 heteroatoms. The molecular formula is C23H23N2+. The van der Waals surface area contributed by atoms with E-state index in [2.05, 4.69) is 104 Å². The Morgan fingerprint density at radius 1 is 0.800 bits per heavy atom. The van der Waals surface area contributed by atoms with Gasteiger partial charge in [-0.15, -0.1) is 0 Å². The number of hydrogen-bond acceptors (Lipinski definition) is 1. The van der Waals surface area contributed by atoms with Crippen molar-refractivity contribution in [3.05, 3.63) is 89.0 Å². The molecule has 4 rings (SSSR count). The number of fused-ring (bicyclic) bond motifs is 3. The van der Waals surface area contributed by atoms with Gasteiger partial charge in [-0.3, -0.25) is 0 Å². The Labute approximate surface area is 149 Å². The van der Waals surface area contributed by atoms with Crippen LogP contribution in [0.2, 0.25) is 0 Å². The average Bonchev–Trinajstić information content (AvgIpc) is 2.95. The van der Waals surface area contributed by atoms with E-state index in [-0.39, 0.29) is 0 Å². The summed E-state index contributed by atoms with van der Waals surface area (Å²) in [5, 5.41) is 0. The lowest BCUT2D eigenvalue weighted by molar-refractivity contribution is -0.462. The van der Waals surface area contributed by atoms with Gasteiger partial charge in [-0.05, 0) is 51.6 Å². The Kier molecular flexibility index (Phi) is 3.69. The second-order valence-electron chi connectivity index (χ2n) is 6.99. The highest BCUT2D eigenvalue weighted by Crippen LogP contribution is 2.46. The molecule has 2 aromatic carbocycles. The van der Waals surface area contributed by atoms with Gasteiger partial charge in [0.15, 0.2) is 5.71 Å². The van der Waals surface area contributed by atoms with Gasteiger partial charge in [-0.2, -0.15) is 0 Å². The van der Waals surface area contributed by atoms with Crippen molar-refractivity contribution in [2.45, 2.75) is 0 Å². The molecule has 0 saturated carbocycles. The molecule has 2 aliphatic carbocycles. The van der Waals surface area contributed by atoms with E-state index in [9.17, 15) is 0 Å². The Morgan fingerprint density at radius 3 is 2.12 bits per heavy atom. The number of anilines is 1. The zero-order valence-corrected chi connectivity index (χ0v) is 15.2. The van der Waals surface area contributed by atoms with Crippen LogP contribution in [-0.4, -0.2) is 38.5 Å². The number of nitrogens with zero attached hydrogens (tertiary/aromatic N) is 2. The summed E-state index contributed by atoms with van der Waals surface area (Å²) in [7, 11) is 8.33. The monoisotopic (exact) mass is 327 g/mol. The lowest BCUT2D eigenvalue weighted by Crippen LogP contribution is -2.11. The Bertz CT molecular complexity index is 963. The predicted octanol–water partition coefficient (Wildman–Crippen LogP) is 4.23. The Hall–Kier alpha value is -2.87. The maximum absolute atomic E-state index is 2.30. The van der Waals surface area contributed by atoms with Gasteiger partial charge in [0.25, 0.3) is 0 Å². The molecule has 0 aromatic heterocycles. The van der Waals surface area contributed by atoms with Crippen LogP contribution in [0, 0.1) is 0 Å². The first-order chi connectivity index (χ1) is 12.1. The first-order valence-electron chi connectivity index (χ1n) is 8.62. The predicted molar refractivity (Wildman–Crippen MR) is 107 cm³/mol. The third-order valence-electron chi connectivity index (χ3n) is 4.95. The Morgan fingerprint density at radius 2 is 1.48 bits per heavy atom. The number of benzene rings is 2. The minimum absolute atomic E-state index is 1.22. The first-order valence-corrected chi connectivity index (χ1v) is 8.62. The fourth-order valence-corrected chi connectivity index (χ4v) is 3.57. The van der Waals surface area contributed by atoms with E-state index in [1.807, 2.05) is 0 Å². The third kappa shape index (κ3) is 2.54. The molecule has 2 nitrogen and oxygen atoms in total. The molecule has 25 heavy (non-hydrogen) atoms. The van der Waals surface area contributed by atoms with Gasteiger partial charge in [0.05, 0.1) is 0 Å². The minimum Gasteiger partial charge on any atom is -0.378 e. The summed E-state index contributed by atoms with van der Waals surface area (Å²) in [5.41, 5.74) is 10.4. The summed E-state index contributed by atoms with van der Waals surface area (Å²) in [5.74, 6) is 0. The van der Waals surface area contributed by atoms with E-state index in [1.165, 1.54) is 44.8 Å². The lowest BCUT2D eigenvalue weighted by atomic mass is 9.94. The van der Waals surface area contributed by atoms with E-state index in [1.54, 1.807) is 0 Å². The maximum Gasteiger partial charge on any atom is 0.200 e. The summed E-state index contributed by atoms with van der Waals surface area (Å²) in [4.78, 5) is 2.13. The topological polar surface area (TPSA) is 6.25 Å². The first kappa shape index (κ1) is 15.6. The van der Waals surface area contributed by atoms with Crippen molar-refractivity contribution in [3.63, 3.8) is 0 Å². The van der Waals surface area contributed by atoms with Gasteiger partial charge in [0.2, 0.25) is 0 Å². The van der Waals surface area contributed by atoms with E-state index < -0.39 is 0 Å². The second kappa shape index (κ2) is 5.89. The third-order valence-corrected chi connectivity index (χ3v) is 4.95. The molecule has 0 spiro atoms. The lowest BCUT2D eigenvalue weighted by Gasteiger charge is -2.14. The fraction of sp³-hybridized carbons (Fsp3) is 0.174. The van der Waals surface area contributed by atoms with E-state index in [0.717, 1.165) is 0 Å². The molecule has 0 amide bonds. The number of rotatable bonds is 2. The van der Waals surface area contributed by atoms with Gasteiger partial charge < -0.3 is 4.90 Å². The van der Waals surface area contributed by atoms with E-state index in [0.29, 0.717) is 0 Å². The molecule has 2 aromatic rings. The van der Waals surface area contributed by atoms with Gasteiger partial charge in [-0.25, -0.2) is 4.58 Å². The molecule has 2 aliphatic rings. The molecule has 0 saturated heterocycles. The summed E-state index contributed by atoms with van der Waals surface area (Å²) < 4.78 is 2.16. The quantitative estimate of drug-likeness (QED) is 0.748. The van der Waals surface area contributed by atoms with Gasteiger partial charge in [-0.1, -0.05) is 36.4 Å². The van der Waals surface area contributed by atoms with Crippen LogP contribution in [0.4, 0.5) is 5.69 Å². The van der Waals surface area contributed by atoms with Crippen LogP contribution in [0.1, 0.15) is 16.7 Å². The minimum atomic E-state index is 1.22. The van der Waals surface area contributed by atoms with E-state index >= 15 is 0 Å². The van der Waals surface area contributed by atoms with E-state index in [4.69, 9.17) is 0 Å². The zero-order valence-electron chi connectivity index (χ0n) is 15.2. The molecule has 124 valence electrons. The molecular weight excluding hydrogens is 304 g/mol. The number of allylic oxidation sites excluding steroid dienone is 5. The van der Waals surface area contributed by atoms with Crippen molar-refractivity contribution in [1.82, 2.24) is 0 Å². The summed E-state index contributed by atoms with van der Waals surface area (Å²) >= 11 is 0. The van der Waals surface area contributed by atoms with Crippen molar-refractivity contribution >= 4 is 22.5 Å². The van der Waals surface area contributed by atoms with Crippen molar-refractivity contribution < 1.29 is 4.58 Å². The van der Waals surface area contributed by atoms with Crippen LogP contribution in [-0.2, 0) is 0 Å². The maximum atomic E-state index is 2.30. The van der Waals surface area contributed by atoms with Crippen LogP contribution in [0.5, 0.6) is 0 Å². The second-order valence-corrected chi connectivity index (χ2v) is 6.99. The van der Waals surface area contributed by atoms with Crippen LogP contribution >= 0.6 is 0 Å². The smallest absolute Gasteiger partial charge is 0.200 e. The summed E-state index contributed by atoms with van der Waals surface area (Å²) in [6.45, 7) is 0. The highest BCUT2D eigenvalue weighted by Gasteiger charge is 2.28. The van der Waals surface area contributed by atoms with Crippen LogP contribution < -0.4 is 4.90 Å². The van der Waals surface area contributed by atoms with Gasteiger partial charge >= 0.3 is 0 Å². The largest absolute Gasteiger partial charge is 0.378 e. The standard InChI is InChI=1S/C23H23N2/c1-24(2)17-11-9-16(10-12-17)23-20-8-6-5-7-19(20)22-15-18(25(3)4)13-14-21(22)23/h5-15H,1-4H3/q+1. The molecule has 0 fully saturated rings. The molecule has 0 N–H and O–H groups in total. The molecule has 0 aliphatic heterocycles. The highest BCUT2D eigenvalue weighted by molar-refractivity contribution is 6.17.